The van der Waals surface area contributed by atoms with E-state index in [2.05, 4.69) is 0 Å². The van der Waals surface area contributed by atoms with Gasteiger partial charge in [-0.15, -0.1) is 0 Å². The Labute approximate surface area is 181 Å². The number of ether oxygens (including phenoxy) is 1. The third-order valence-electron chi connectivity index (χ3n) is 4.90. The van der Waals surface area contributed by atoms with Crippen LogP contribution in [0.2, 0.25) is 0 Å². The number of aromatic carboxylic acids is 1. The van der Waals surface area contributed by atoms with Gasteiger partial charge in [-0.1, -0.05) is 30.3 Å². The van der Waals surface area contributed by atoms with Crippen molar-refractivity contribution in [3.8, 4) is 5.75 Å². The van der Waals surface area contributed by atoms with E-state index in [0.717, 1.165) is 4.90 Å². The third-order valence-corrected chi connectivity index (χ3v) is 4.90. The second kappa shape index (κ2) is 7.92. The normalized spacial score (nSPS) is 12.5. The highest BCUT2D eigenvalue weighted by atomic mass is 16.5. The highest BCUT2D eigenvalue weighted by Crippen LogP contribution is 2.35. The van der Waals surface area contributed by atoms with Gasteiger partial charge in [-0.2, -0.15) is 0 Å². The van der Waals surface area contributed by atoms with Gasteiger partial charge in [-0.05, 0) is 36.4 Å². The average Bonchev–Trinajstić information content (AvgIpc) is 3.03. The molecule has 2 amide bonds. The van der Waals surface area contributed by atoms with E-state index in [9.17, 15) is 24.0 Å². The van der Waals surface area contributed by atoms with E-state index >= 15 is 0 Å². The molecular formula is C24H15NO7. The molecule has 0 spiro atoms. The Morgan fingerprint density at radius 3 is 2.03 bits per heavy atom. The van der Waals surface area contributed by atoms with Crippen molar-refractivity contribution < 1.29 is 33.8 Å². The van der Waals surface area contributed by atoms with Crippen LogP contribution in [-0.2, 0) is 4.79 Å². The van der Waals surface area contributed by atoms with E-state index in [1.165, 1.54) is 61.5 Å². The molecule has 0 aliphatic carbocycles. The van der Waals surface area contributed by atoms with Crippen molar-refractivity contribution in [1.82, 2.24) is 0 Å². The van der Waals surface area contributed by atoms with Crippen LogP contribution in [0.4, 0.5) is 5.69 Å². The van der Waals surface area contributed by atoms with Crippen LogP contribution < -0.4 is 9.64 Å². The molecule has 1 N–H and O–H groups in total. The maximum atomic E-state index is 13.1. The molecule has 0 atom stereocenters. The topological polar surface area (TPSA) is 118 Å². The fourth-order valence-electron chi connectivity index (χ4n) is 3.41. The van der Waals surface area contributed by atoms with Gasteiger partial charge < -0.3 is 9.84 Å². The number of carboxylic acid groups (broad SMARTS) is 1. The Morgan fingerprint density at radius 1 is 0.781 bits per heavy atom. The molecule has 0 unspecified atom stereocenters. The first-order chi connectivity index (χ1) is 15.3. The highest BCUT2D eigenvalue weighted by molar-refractivity contribution is 6.35. The van der Waals surface area contributed by atoms with Gasteiger partial charge >= 0.3 is 11.9 Å². The summed E-state index contributed by atoms with van der Waals surface area (Å²) in [5.41, 5.74) is 0.724. The number of rotatable bonds is 5. The number of amides is 2. The Hall–Kier alpha value is -4.59. The van der Waals surface area contributed by atoms with Crippen LogP contribution in [0.5, 0.6) is 5.75 Å². The zero-order chi connectivity index (χ0) is 23.0. The molecule has 0 fully saturated rings. The Balaban J connectivity index is 1.69. The summed E-state index contributed by atoms with van der Waals surface area (Å²) < 4.78 is 5.12. The van der Waals surface area contributed by atoms with Crippen molar-refractivity contribution in [2.24, 2.45) is 0 Å². The Kier molecular flexibility index (Phi) is 5.11. The minimum atomic E-state index is -1.11. The zero-order valence-corrected chi connectivity index (χ0v) is 16.7. The predicted octanol–water partition coefficient (Wildman–Crippen LogP) is 3.34. The second-order valence-corrected chi connectivity index (χ2v) is 6.98. The van der Waals surface area contributed by atoms with Gasteiger partial charge in [-0.25, -0.2) is 9.69 Å². The fraction of sp³-hybridized carbons (Fsp3) is 0.0417. The highest BCUT2D eigenvalue weighted by Gasteiger charge is 2.38. The van der Waals surface area contributed by atoms with Crippen molar-refractivity contribution in [3.63, 3.8) is 0 Å². The zero-order valence-electron chi connectivity index (χ0n) is 16.7. The van der Waals surface area contributed by atoms with Gasteiger partial charge in [0.2, 0.25) is 0 Å². The lowest BCUT2D eigenvalue weighted by atomic mass is 9.98. The number of imide groups is 1. The molecule has 8 heteroatoms. The lowest BCUT2D eigenvalue weighted by Crippen LogP contribution is -2.30. The van der Waals surface area contributed by atoms with Gasteiger partial charge in [0.05, 0.1) is 22.4 Å². The summed E-state index contributed by atoms with van der Waals surface area (Å²) in [4.78, 5) is 62.1. The monoisotopic (exact) mass is 429 g/mol. The third kappa shape index (κ3) is 3.54. The van der Waals surface area contributed by atoms with Gasteiger partial charge in [0.15, 0.2) is 11.5 Å². The van der Waals surface area contributed by atoms with Gasteiger partial charge in [0.1, 0.15) is 0 Å². The molecule has 158 valence electrons. The number of carbonyl (C=O) groups excluding carboxylic acids is 4. The van der Waals surface area contributed by atoms with Crippen LogP contribution in [0, 0.1) is 0 Å². The maximum Gasteiger partial charge on any atom is 0.335 e. The van der Waals surface area contributed by atoms with Crippen molar-refractivity contribution in [1.29, 1.82) is 0 Å². The first kappa shape index (κ1) is 20.7. The molecule has 1 heterocycles. The maximum absolute atomic E-state index is 13.1. The van der Waals surface area contributed by atoms with Crippen LogP contribution in [-0.4, -0.2) is 34.6 Å². The van der Waals surface area contributed by atoms with E-state index in [0.29, 0.717) is 0 Å². The number of hydrogen-bond acceptors (Lipinski definition) is 6. The molecule has 3 aromatic carbocycles. The molecule has 8 nitrogen and oxygen atoms in total. The number of ketones is 1. The number of anilines is 1. The Morgan fingerprint density at radius 2 is 1.38 bits per heavy atom. The van der Waals surface area contributed by atoms with Crippen LogP contribution >= 0.6 is 0 Å². The molecule has 0 radical (unpaired) electrons. The van der Waals surface area contributed by atoms with Gasteiger partial charge in [-0.3, -0.25) is 19.2 Å². The lowest BCUT2D eigenvalue weighted by Gasteiger charge is -2.17. The molecule has 1 aliphatic rings. The van der Waals surface area contributed by atoms with Crippen molar-refractivity contribution in [2.75, 3.05) is 4.90 Å². The smallest absolute Gasteiger partial charge is 0.335 e. The lowest BCUT2D eigenvalue weighted by molar-refractivity contribution is -0.131. The number of hydrogen-bond donors (Lipinski definition) is 1. The van der Waals surface area contributed by atoms with E-state index in [1.807, 2.05) is 0 Å². The second-order valence-electron chi connectivity index (χ2n) is 6.98. The van der Waals surface area contributed by atoms with E-state index in [1.54, 1.807) is 12.1 Å². The quantitative estimate of drug-likeness (QED) is 0.286. The van der Waals surface area contributed by atoms with Crippen molar-refractivity contribution in [3.05, 3.63) is 94.5 Å². The summed E-state index contributed by atoms with van der Waals surface area (Å²) in [6.07, 6.45) is 0. The molecule has 0 bridgehead atoms. The molecule has 0 saturated carbocycles. The molecule has 0 aromatic heterocycles. The van der Waals surface area contributed by atoms with Crippen LogP contribution in [0.1, 0.15) is 53.9 Å². The molecule has 3 aromatic rings. The van der Waals surface area contributed by atoms with E-state index in [-0.39, 0.29) is 39.3 Å². The standard InChI is InChI=1S/C24H15NO7/c1-13(26)32-20-5-3-2-4-19(20)25-22(28)17-11-10-16(12-18(17)23(25)29)21(27)14-6-8-15(9-7-14)24(30)31/h2-12H,1H3,(H,30,31). The average molecular weight is 429 g/mol. The van der Waals surface area contributed by atoms with Gasteiger partial charge in [0.25, 0.3) is 11.8 Å². The first-order valence-electron chi connectivity index (χ1n) is 9.46. The fourth-order valence-corrected chi connectivity index (χ4v) is 3.41. The summed E-state index contributed by atoms with van der Waals surface area (Å²) in [6, 6.07) is 15.7. The number of fused-ring (bicyclic) bond motifs is 1. The summed E-state index contributed by atoms with van der Waals surface area (Å²) in [7, 11) is 0. The molecule has 4 rings (SSSR count). The van der Waals surface area contributed by atoms with Crippen LogP contribution in [0.3, 0.4) is 0 Å². The number of esters is 1. The molecular weight excluding hydrogens is 414 g/mol. The summed E-state index contributed by atoms with van der Waals surface area (Å²) in [6.45, 7) is 1.21. The molecule has 32 heavy (non-hydrogen) atoms. The minimum Gasteiger partial charge on any atom is -0.478 e. The van der Waals surface area contributed by atoms with Crippen LogP contribution in [0.25, 0.3) is 0 Å². The van der Waals surface area contributed by atoms with Crippen molar-refractivity contribution >= 4 is 35.2 Å². The minimum absolute atomic E-state index is 0.0402. The SMILES string of the molecule is CC(=O)Oc1ccccc1N1C(=O)c2ccc(C(=O)c3ccc(C(=O)O)cc3)cc2C1=O. The number of para-hydroxylation sites is 2. The van der Waals surface area contributed by atoms with Gasteiger partial charge in [0, 0.05) is 18.1 Å². The number of benzene rings is 3. The predicted molar refractivity (Wildman–Crippen MR) is 112 cm³/mol. The van der Waals surface area contributed by atoms with Crippen molar-refractivity contribution in [2.45, 2.75) is 6.92 Å². The molecule has 0 saturated heterocycles. The number of nitrogens with zero attached hydrogens (tertiary/aromatic N) is 1. The molecule has 1 aliphatic heterocycles. The number of carbonyl (C=O) groups is 5. The summed E-state index contributed by atoms with van der Waals surface area (Å²) >= 11 is 0. The number of carboxylic acids is 1. The van der Waals surface area contributed by atoms with E-state index in [4.69, 9.17) is 9.84 Å². The summed E-state index contributed by atoms with van der Waals surface area (Å²) in [5, 5.41) is 8.99. The largest absolute Gasteiger partial charge is 0.478 e. The Bertz CT molecular complexity index is 1310. The summed E-state index contributed by atoms with van der Waals surface area (Å²) in [5.74, 6) is -3.33. The first-order valence-corrected chi connectivity index (χ1v) is 9.46. The van der Waals surface area contributed by atoms with E-state index < -0.39 is 29.5 Å². The van der Waals surface area contributed by atoms with Crippen LogP contribution in [0.15, 0.2) is 66.7 Å².